The first kappa shape index (κ1) is 22.7. The SMILES string of the molecule is C=CC1CC1(C)C.CC1=C(O)C(C)C(=C=O)C(CN2CCOCC2)=C1.Cl. The number of hydrogen-bond acceptors (Lipinski definition) is 4. The van der Waals surface area contributed by atoms with E-state index in [1.54, 1.807) is 0 Å². The van der Waals surface area contributed by atoms with Crippen LogP contribution >= 0.6 is 12.4 Å². The molecule has 1 heterocycles. The lowest BCUT2D eigenvalue weighted by Crippen LogP contribution is -2.38. The van der Waals surface area contributed by atoms with Crippen LogP contribution in [0.3, 0.4) is 0 Å². The summed E-state index contributed by atoms with van der Waals surface area (Å²) in [5.41, 5.74) is 2.98. The van der Waals surface area contributed by atoms with E-state index in [-0.39, 0.29) is 24.1 Å². The van der Waals surface area contributed by atoms with Gasteiger partial charge in [-0.1, -0.05) is 32.9 Å². The van der Waals surface area contributed by atoms with Crippen molar-refractivity contribution >= 4 is 18.3 Å². The average molecular weight is 382 g/mol. The van der Waals surface area contributed by atoms with Gasteiger partial charge < -0.3 is 9.84 Å². The molecule has 3 aliphatic rings. The fourth-order valence-corrected chi connectivity index (χ4v) is 3.36. The van der Waals surface area contributed by atoms with Gasteiger partial charge in [0, 0.05) is 25.6 Å². The maximum atomic E-state index is 11.1. The minimum absolute atomic E-state index is 0. The molecule has 2 unspecified atom stereocenters. The van der Waals surface area contributed by atoms with E-state index in [4.69, 9.17) is 4.74 Å². The Bertz CT molecular complexity index is 623. The van der Waals surface area contributed by atoms with Crippen LogP contribution in [0.2, 0.25) is 0 Å². The maximum Gasteiger partial charge on any atom is 0.129 e. The normalized spacial score (nSPS) is 27.4. The van der Waals surface area contributed by atoms with Gasteiger partial charge in [0.1, 0.15) is 11.7 Å². The molecule has 3 rings (SSSR count). The molecule has 1 aliphatic heterocycles. The standard InChI is InChI=1S/C14H19NO3.C7H12.ClH/c1-10-7-12(8-15-3-5-18-6-4-15)13(9-16)11(2)14(10)17;1-4-6-5-7(6,2)3;/h7,11,17H,3-6,8H2,1-2H3;4,6H,1,5H2,2-3H3;1H. The topological polar surface area (TPSA) is 49.8 Å². The Morgan fingerprint density at radius 1 is 1.42 bits per heavy atom. The van der Waals surface area contributed by atoms with Gasteiger partial charge in [-0.3, -0.25) is 4.90 Å². The van der Waals surface area contributed by atoms with Crippen LogP contribution in [0.1, 0.15) is 34.1 Å². The molecule has 146 valence electrons. The summed E-state index contributed by atoms with van der Waals surface area (Å²) in [6, 6.07) is 0. The van der Waals surface area contributed by atoms with Gasteiger partial charge in [0.05, 0.1) is 18.8 Å². The highest BCUT2D eigenvalue weighted by molar-refractivity contribution is 5.85. The summed E-state index contributed by atoms with van der Waals surface area (Å²) in [6.07, 6.45) is 5.29. The number of morpholine rings is 1. The highest BCUT2D eigenvalue weighted by atomic mass is 35.5. The van der Waals surface area contributed by atoms with Gasteiger partial charge in [0.25, 0.3) is 0 Å². The summed E-state index contributed by atoms with van der Waals surface area (Å²) in [6.45, 7) is 15.9. The molecule has 2 fully saturated rings. The van der Waals surface area contributed by atoms with Crippen molar-refractivity contribution in [2.45, 2.75) is 34.1 Å². The molecule has 0 bridgehead atoms. The van der Waals surface area contributed by atoms with E-state index in [1.165, 1.54) is 6.42 Å². The van der Waals surface area contributed by atoms with Crippen molar-refractivity contribution in [1.82, 2.24) is 4.90 Å². The molecule has 0 aromatic heterocycles. The summed E-state index contributed by atoms with van der Waals surface area (Å²) in [5, 5.41) is 9.87. The number of carbonyl (C=O) groups excluding carboxylic acids is 1. The molecular formula is C21H32ClNO3. The van der Waals surface area contributed by atoms with Crippen LogP contribution in [-0.4, -0.2) is 48.8 Å². The molecule has 1 saturated carbocycles. The fraction of sp³-hybridized carbons (Fsp3) is 0.619. The number of aliphatic hydroxyl groups excluding tert-OH is 1. The van der Waals surface area contributed by atoms with Crippen molar-refractivity contribution in [2.24, 2.45) is 17.3 Å². The molecule has 0 aromatic rings. The first-order valence-electron chi connectivity index (χ1n) is 9.08. The van der Waals surface area contributed by atoms with Crippen LogP contribution in [0.25, 0.3) is 0 Å². The molecule has 0 amide bonds. The lowest BCUT2D eigenvalue weighted by atomic mass is 9.85. The van der Waals surface area contributed by atoms with E-state index >= 15 is 0 Å². The van der Waals surface area contributed by atoms with Gasteiger partial charge in [-0.2, -0.15) is 0 Å². The van der Waals surface area contributed by atoms with E-state index in [1.807, 2.05) is 25.9 Å². The minimum atomic E-state index is -0.247. The van der Waals surface area contributed by atoms with Gasteiger partial charge in [-0.25, -0.2) is 4.79 Å². The number of halogens is 1. The van der Waals surface area contributed by atoms with Gasteiger partial charge in [-0.05, 0) is 35.8 Å². The molecule has 2 atom stereocenters. The summed E-state index contributed by atoms with van der Waals surface area (Å²) in [5.74, 6) is 2.83. The Morgan fingerprint density at radius 2 is 2.00 bits per heavy atom. The van der Waals surface area contributed by atoms with Crippen LogP contribution in [0.4, 0.5) is 0 Å². The monoisotopic (exact) mass is 381 g/mol. The second-order valence-electron chi connectivity index (χ2n) is 7.90. The Labute approximate surface area is 163 Å². The largest absolute Gasteiger partial charge is 0.511 e. The number of rotatable bonds is 3. The van der Waals surface area contributed by atoms with E-state index in [0.29, 0.717) is 11.0 Å². The Hall–Kier alpha value is -1.32. The predicted octanol–water partition coefficient (Wildman–Crippen LogP) is 4.13. The second kappa shape index (κ2) is 9.57. The third-order valence-corrected chi connectivity index (χ3v) is 5.47. The second-order valence-corrected chi connectivity index (χ2v) is 7.90. The van der Waals surface area contributed by atoms with Crippen molar-refractivity contribution in [1.29, 1.82) is 0 Å². The van der Waals surface area contributed by atoms with Crippen molar-refractivity contribution in [3.05, 3.63) is 41.2 Å². The zero-order valence-electron chi connectivity index (χ0n) is 16.4. The molecule has 1 saturated heterocycles. The number of ether oxygens (including phenoxy) is 1. The molecule has 5 heteroatoms. The van der Waals surface area contributed by atoms with Crippen molar-refractivity contribution < 1.29 is 14.6 Å². The van der Waals surface area contributed by atoms with Crippen LogP contribution in [0.15, 0.2) is 41.2 Å². The zero-order valence-corrected chi connectivity index (χ0v) is 17.2. The fourth-order valence-electron chi connectivity index (χ4n) is 3.36. The van der Waals surface area contributed by atoms with Crippen LogP contribution in [-0.2, 0) is 9.53 Å². The molecular weight excluding hydrogens is 350 g/mol. The molecule has 0 aromatic carbocycles. The van der Waals surface area contributed by atoms with Gasteiger partial charge in [0.15, 0.2) is 0 Å². The molecule has 26 heavy (non-hydrogen) atoms. The van der Waals surface area contributed by atoms with E-state index in [0.717, 1.165) is 49.9 Å². The smallest absolute Gasteiger partial charge is 0.129 e. The molecule has 0 spiro atoms. The molecule has 1 N–H and O–H groups in total. The Morgan fingerprint density at radius 3 is 2.42 bits per heavy atom. The minimum Gasteiger partial charge on any atom is -0.511 e. The van der Waals surface area contributed by atoms with E-state index < -0.39 is 0 Å². The first-order chi connectivity index (χ1) is 11.8. The van der Waals surface area contributed by atoms with Crippen molar-refractivity contribution in [2.75, 3.05) is 32.8 Å². The summed E-state index contributed by atoms with van der Waals surface area (Å²) < 4.78 is 5.31. The first-order valence-corrected chi connectivity index (χ1v) is 9.08. The van der Waals surface area contributed by atoms with Gasteiger partial charge >= 0.3 is 0 Å². The summed E-state index contributed by atoms with van der Waals surface area (Å²) in [4.78, 5) is 13.4. The van der Waals surface area contributed by atoms with Crippen LogP contribution in [0.5, 0.6) is 0 Å². The van der Waals surface area contributed by atoms with Gasteiger partial charge in [-0.15, -0.1) is 19.0 Å². The highest BCUT2D eigenvalue weighted by Crippen LogP contribution is 2.51. The van der Waals surface area contributed by atoms with Crippen molar-refractivity contribution in [3.8, 4) is 0 Å². The molecule has 4 nitrogen and oxygen atoms in total. The zero-order chi connectivity index (χ0) is 18.6. The number of allylic oxidation sites excluding steroid dienone is 4. The number of nitrogens with zero attached hydrogens (tertiary/aromatic N) is 1. The predicted molar refractivity (Wildman–Crippen MR) is 108 cm³/mol. The Balaban J connectivity index is 0.000000357. The summed E-state index contributed by atoms with van der Waals surface area (Å²) >= 11 is 0. The van der Waals surface area contributed by atoms with Crippen LogP contribution in [0, 0.1) is 17.3 Å². The van der Waals surface area contributed by atoms with E-state index in [9.17, 15) is 9.90 Å². The van der Waals surface area contributed by atoms with Crippen molar-refractivity contribution in [3.63, 3.8) is 0 Å². The van der Waals surface area contributed by atoms with Gasteiger partial charge in [0.2, 0.25) is 0 Å². The lowest BCUT2D eigenvalue weighted by Gasteiger charge is -2.30. The number of aliphatic hydroxyl groups is 1. The Kier molecular flexibility index (Phi) is 8.36. The lowest BCUT2D eigenvalue weighted by molar-refractivity contribution is 0.0423. The maximum absolute atomic E-state index is 11.1. The number of hydrogen-bond donors (Lipinski definition) is 1. The quantitative estimate of drug-likeness (QED) is 0.590. The van der Waals surface area contributed by atoms with Crippen LogP contribution < -0.4 is 0 Å². The molecule has 2 aliphatic carbocycles. The molecule has 0 radical (unpaired) electrons. The average Bonchev–Trinajstić information content (AvgIpc) is 3.22. The highest BCUT2D eigenvalue weighted by Gasteiger charge is 2.42. The van der Waals surface area contributed by atoms with E-state index in [2.05, 4.69) is 31.4 Å². The third-order valence-electron chi connectivity index (χ3n) is 5.47. The summed E-state index contributed by atoms with van der Waals surface area (Å²) in [7, 11) is 0. The third kappa shape index (κ3) is 5.59.